The average Bonchev–Trinajstić information content (AvgIpc) is 3.12. The Balaban J connectivity index is 1.61. The molecule has 0 unspecified atom stereocenters. The first kappa shape index (κ1) is 11.7. The van der Waals surface area contributed by atoms with Crippen LogP contribution in [0.15, 0.2) is 5.16 Å². The second kappa shape index (κ2) is 5.50. The molecular formula is C11H22N4O. The van der Waals surface area contributed by atoms with Crippen molar-refractivity contribution in [3.63, 3.8) is 0 Å². The van der Waals surface area contributed by atoms with Gasteiger partial charge in [-0.05, 0) is 18.9 Å². The van der Waals surface area contributed by atoms with E-state index in [1.165, 1.54) is 25.8 Å². The van der Waals surface area contributed by atoms with Gasteiger partial charge >= 0.3 is 0 Å². The largest absolute Gasteiger partial charge is 0.409 e. The second-order valence-corrected chi connectivity index (χ2v) is 4.94. The van der Waals surface area contributed by atoms with Gasteiger partial charge in [-0.3, -0.25) is 4.90 Å². The van der Waals surface area contributed by atoms with E-state index in [4.69, 9.17) is 10.9 Å². The highest BCUT2D eigenvalue weighted by Gasteiger charge is 2.23. The summed E-state index contributed by atoms with van der Waals surface area (Å²) in [4.78, 5) is 4.77. The lowest BCUT2D eigenvalue weighted by Crippen LogP contribution is -2.49. The lowest BCUT2D eigenvalue weighted by atomic mass is 10.2. The molecule has 1 aliphatic heterocycles. The fraction of sp³-hybridized carbons (Fsp3) is 0.909. The molecule has 0 aromatic rings. The Morgan fingerprint density at radius 1 is 1.19 bits per heavy atom. The van der Waals surface area contributed by atoms with Crippen LogP contribution in [0.5, 0.6) is 0 Å². The highest BCUT2D eigenvalue weighted by molar-refractivity contribution is 5.81. The summed E-state index contributed by atoms with van der Waals surface area (Å²) in [6.07, 6.45) is 4.27. The van der Waals surface area contributed by atoms with E-state index in [1.807, 2.05) is 0 Å². The summed E-state index contributed by atoms with van der Waals surface area (Å²) in [7, 11) is 0. The molecule has 0 bridgehead atoms. The van der Waals surface area contributed by atoms with Crippen molar-refractivity contribution in [2.75, 3.05) is 39.3 Å². The van der Waals surface area contributed by atoms with E-state index >= 15 is 0 Å². The molecule has 1 saturated heterocycles. The number of amidine groups is 1. The Morgan fingerprint density at radius 2 is 1.81 bits per heavy atom. The van der Waals surface area contributed by atoms with E-state index in [9.17, 15) is 0 Å². The van der Waals surface area contributed by atoms with Crippen LogP contribution in [-0.4, -0.2) is 60.1 Å². The zero-order chi connectivity index (χ0) is 11.4. The molecule has 0 spiro atoms. The third-order valence-corrected chi connectivity index (χ3v) is 3.53. The van der Waals surface area contributed by atoms with Crippen LogP contribution in [-0.2, 0) is 0 Å². The predicted octanol–water partition coefficient (Wildman–Crippen LogP) is 0.151. The molecule has 92 valence electrons. The SMILES string of the molecule is NC(CN1CCN(CCC2CC2)CC1)=NO. The molecule has 0 aromatic carbocycles. The van der Waals surface area contributed by atoms with Crippen molar-refractivity contribution in [1.82, 2.24) is 9.80 Å². The summed E-state index contributed by atoms with van der Waals surface area (Å²) in [5.41, 5.74) is 5.49. The van der Waals surface area contributed by atoms with Gasteiger partial charge in [0.05, 0.1) is 6.54 Å². The number of hydrogen-bond acceptors (Lipinski definition) is 4. The van der Waals surface area contributed by atoms with Crippen molar-refractivity contribution in [3.05, 3.63) is 0 Å². The van der Waals surface area contributed by atoms with Crippen molar-refractivity contribution in [2.24, 2.45) is 16.8 Å². The van der Waals surface area contributed by atoms with Crippen molar-refractivity contribution < 1.29 is 5.21 Å². The zero-order valence-corrected chi connectivity index (χ0v) is 9.81. The van der Waals surface area contributed by atoms with Crippen LogP contribution in [0, 0.1) is 5.92 Å². The predicted molar refractivity (Wildman–Crippen MR) is 63.6 cm³/mol. The van der Waals surface area contributed by atoms with Crippen LogP contribution in [0.3, 0.4) is 0 Å². The summed E-state index contributed by atoms with van der Waals surface area (Å²) in [5.74, 6) is 1.33. The topological polar surface area (TPSA) is 65.1 Å². The number of oxime groups is 1. The number of piperazine rings is 1. The van der Waals surface area contributed by atoms with Crippen LogP contribution in [0.1, 0.15) is 19.3 Å². The van der Waals surface area contributed by atoms with Gasteiger partial charge in [-0.15, -0.1) is 0 Å². The first-order valence-corrected chi connectivity index (χ1v) is 6.19. The number of nitrogens with zero attached hydrogens (tertiary/aromatic N) is 3. The van der Waals surface area contributed by atoms with Gasteiger partial charge in [0.1, 0.15) is 0 Å². The van der Waals surface area contributed by atoms with Gasteiger partial charge in [-0.1, -0.05) is 18.0 Å². The molecule has 5 nitrogen and oxygen atoms in total. The normalized spacial score (nSPS) is 24.9. The molecule has 2 fully saturated rings. The monoisotopic (exact) mass is 226 g/mol. The summed E-state index contributed by atoms with van der Waals surface area (Å²) in [6, 6.07) is 0. The lowest BCUT2D eigenvalue weighted by Gasteiger charge is -2.34. The molecule has 0 radical (unpaired) electrons. The molecule has 2 aliphatic rings. The number of nitrogens with two attached hydrogens (primary N) is 1. The minimum absolute atomic E-state index is 0.312. The molecule has 1 saturated carbocycles. The fourth-order valence-electron chi connectivity index (χ4n) is 2.20. The van der Waals surface area contributed by atoms with Crippen molar-refractivity contribution in [1.29, 1.82) is 0 Å². The van der Waals surface area contributed by atoms with Gasteiger partial charge in [-0.25, -0.2) is 0 Å². The van der Waals surface area contributed by atoms with E-state index in [0.29, 0.717) is 12.4 Å². The van der Waals surface area contributed by atoms with E-state index in [2.05, 4.69) is 15.0 Å². The Bertz CT molecular complexity index is 244. The number of hydrogen-bond donors (Lipinski definition) is 2. The summed E-state index contributed by atoms with van der Waals surface area (Å²) >= 11 is 0. The molecular weight excluding hydrogens is 204 g/mol. The van der Waals surface area contributed by atoms with E-state index < -0.39 is 0 Å². The molecule has 2 rings (SSSR count). The Morgan fingerprint density at radius 3 is 2.38 bits per heavy atom. The van der Waals surface area contributed by atoms with Gasteiger partial charge in [0.15, 0.2) is 5.84 Å². The molecule has 3 N–H and O–H groups in total. The standard InChI is InChI=1S/C11H22N4O/c12-11(13-16)9-15-7-5-14(6-8-15)4-3-10-1-2-10/h10,16H,1-9H2,(H2,12,13). The first-order valence-electron chi connectivity index (χ1n) is 6.19. The van der Waals surface area contributed by atoms with Crippen molar-refractivity contribution in [3.8, 4) is 0 Å². The lowest BCUT2D eigenvalue weighted by molar-refractivity contribution is 0.142. The average molecular weight is 226 g/mol. The first-order chi connectivity index (χ1) is 7.78. The maximum absolute atomic E-state index is 8.50. The highest BCUT2D eigenvalue weighted by atomic mass is 16.4. The third kappa shape index (κ3) is 3.64. The minimum Gasteiger partial charge on any atom is -0.409 e. The van der Waals surface area contributed by atoms with E-state index in [0.717, 1.165) is 32.1 Å². The van der Waals surface area contributed by atoms with Crippen LogP contribution < -0.4 is 5.73 Å². The van der Waals surface area contributed by atoms with Crippen molar-refractivity contribution >= 4 is 5.84 Å². The fourth-order valence-corrected chi connectivity index (χ4v) is 2.20. The van der Waals surface area contributed by atoms with Crippen LogP contribution >= 0.6 is 0 Å². The molecule has 0 amide bonds. The van der Waals surface area contributed by atoms with Crippen LogP contribution in [0.4, 0.5) is 0 Å². The zero-order valence-electron chi connectivity index (χ0n) is 9.81. The molecule has 16 heavy (non-hydrogen) atoms. The summed E-state index contributed by atoms with van der Waals surface area (Å²) in [6.45, 7) is 6.13. The second-order valence-electron chi connectivity index (χ2n) is 4.94. The molecule has 0 aromatic heterocycles. The summed E-state index contributed by atoms with van der Waals surface area (Å²) in [5, 5.41) is 11.5. The Labute approximate surface area is 96.9 Å². The third-order valence-electron chi connectivity index (χ3n) is 3.53. The van der Waals surface area contributed by atoms with E-state index in [1.54, 1.807) is 0 Å². The van der Waals surface area contributed by atoms with Crippen LogP contribution in [0.25, 0.3) is 0 Å². The Hall–Kier alpha value is -0.810. The molecule has 1 heterocycles. The van der Waals surface area contributed by atoms with Gasteiger partial charge in [0, 0.05) is 26.2 Å². The highest BCUT2D eigenvalue weighted by Crippen LogP contribution is 2.32. The molecule has 1 aliphatic carbocycles. The molecule has 5 heteroatoms. The van der Waals surface area contributed by atoms with E-state index in [-0.39, 0.29) is 0 Å². The molecule has 0 atom stereocenters. The Kier molecular flexibility index (Phi) is 4.01. The van der Waals surface area contributed by atoms with Gasteiger partial charge in [-0.2, -0.15) is 0 Å². The maximum atomic E-state index is 8.50. The number of rotatable bonds is 5. The van der Waals surface area contributed by atoms with Crippen LogP contribution in [0.2, 0.25) is 0 Å². The van der Waals surface area contributed by atoms with Gasteiger partial charge in [0.2, 0.25) is 0 Å². The minimum atomic E-state index is 0.312. The van der Waals surface area contributed by atoms with Crippen molar-refractivity contribution in [2.45, 2.75) is 19.3 Å². The van der Waals surface area contributed by atoms with Gasteiger partial charge < -0.3 is 15.8 Å². The quantitative estimate of drug-likeness (QED) is 0.303. The van der Waals surface area contributed by atoms with Gasteiger partial charge in [0.25, 0.3) is 0 Å². The smallest absolute Gasteiger partial charge is 0.153 e. The maximum Gasteiger partial charge on any atom is 0.153 e. The summed E-state index contributed by atoms with van der Waals surface area (Å²) < 4.78 is 0.